The highest BCUT2D eigenvalue weighted by Crippen LogP contribution is 2.37. The van der Waals surface area contributed by atoms with Gasteiger partial charge in [0.05, 0.1) is 17.6 Å². The van der Waals surface area contributed by atoms with Crippen LogP contribution in [0.25, 0.3) is 0 Å². The minimum Gasteiger partial charge on any atom is -0.391 e. The molecule has 4 rings (SSSR count). The number of nitrogens with zero attached hydrogens (tertiary/aromatic N) is 3. The smallest absolute Gasteiger partial charge is 0.251 e. The lowest BCUT2D eigenvalue weighted by Gasteiger charge is -2.25. The highest BCUT2D eigenvalue weighted by atomic mass is 16.3. The molecule has 1 aromatic carbocycles. The first-order valence-corrected chi connectivity index (χ1v) is 9.52. The van der Waals surface area contributed by atoms with Gasteiger partial charge in [0, 0.05) is 30.4 Å². The largest absolute Gasteiger partial charge is 0.391 e. The van der Waals surface area contributed by atoms with Crippen molar-refractivity contribution in [3.05, 3.63) is 41.7 Å². The first-order chi connectivity index (χ1) is 13.8. The van der Waals surface area contributed by atoms with E-state index in [1.807, 2.05) is 18.7 Å². The Bertz CT molecular complexity index is 976. The number of carbonyl (C=O) groups is 2. The third-order valence-electron chi connectivity index (χ3n) is 5.63. The predicted octanol–water partition coefficient (Wildman–Crippen LogP) is 0.658. The molecular weight excluding hydrogens is 372 g/mol. The number of nitrogens with one attached hydrogen (secondary N) is 2. The van der Waals surface area contributed by atoms with Crippen LogP contribution >= 0.6 is 0 Å². The summed E-state index contributed by atoms with van der Waals surface area (Å²) in [6, 6.07) is 6.75. The molecule has 2 aromatic rings. The summed E-state index contributed by atoms with van der Waals surface area (Å²) in [5.41, 5.74) is 7.11. The molecule has 0 unspecified atom stereocenters. The number of hydrogen-bond acceptors (Lipinski definition) is 7. The van der Waals surface area contributed by atoms with Crippen LogP contribution in [0.4, 0.5) is 17.3 Å². The zero-order valence-corrected chi connectivity index (χ0v) is 16.3. The van der Waals surface area contributed by atoms with Crippen molar-refractivity contribution < 1.29 is 14.7 Å². The van der Waals surface area contributed by atoms with Gasteiger partial charge in [-0.2, -0.15) is 0 Å². The molecule has 152 valence electrons. The van der Waals surface area contributed by atoms with E-state index in [1.165, 1.54) is 6.33 Å². The van der Waals surface area contributed by atoms with E-state index in [9.17, 15) is 14.7 Å². The number of nitrogen functional groups attached to an aromatic ring is 1. The predicted molar refractivity (Wildman–Crippen MR) is 109 cm³/mol. The maximum absolute atomic E-state index is 12.7. The highest BCUT2D eigenvalue weighted by Gasteiger charge is 2.38. The molecule has 9 nitrogen and oxygen atoms in total. The summed E-state index contributed by atoms with van der Waals surface area (Å²) in [4.78, 5) is 34.9. The highest BCUT2D eigenvalue weighted by molar-refractivity contribution is 6.07. The molecule has 29 heavy (non-hydrogen) atoms. The van der Waals surface area contributed by atoms with E-state index in [1.54, 1.807) is 24.3 Å². The molecule has 9 heteroatoms. The molecule has 2 amide bonds. The summed E-state index contributed by atoms with van der Waals surface area (Å²) >= 11 is 0. The first kappa shape index (κ1) is 19.1. The van der Waals surface area contributed by atoms with Crippen molar-refractivity contribution in [3.63, 3.8) is 0 Å². The van der Waals surface area contributed by atoms with Crippen molar-refractivity contribution in [1.29, 1.82) is 0 Å². The van der Waals surface area contributed by atoms with Crippen LogP contribution in [0, 0.1) is 0 Å². The number of nitrogens with two attached hydrogens (primary N) is 1. The average molecular weight is 396 g/mol. The van der Waals surface area contributed by atoms with E-state index in [0.717, 1.165) is 11.3 Å². The lowest BCUT2D eigenvalue weighted by Crippen LogP contribution is -2.40. The number of anilines is 3. The van der Waals surface area contributed by atoms with Crippen LogP contribution in [0.2, 0.25) is 0 Å². The fourth-order valence-corrected chi connectivity index (χ4v) is 3.91. The third kappa shape index (κ3) is 3.49. The van der Waals surface area contributed by atoms with Gasteiger partial charge < -0.3 is 26.4 Å². The van der Waals surface area contributed by atoms with Crippen molar-refractivity contribution in [1.82, 2.24) is 15.3 Å². The fourth-order valence-electron chi connectivity index (χ4n) is 3.91. The second-order valence-electron chi connectivity index (χ2n) is 8.05. The van der Waals surface area contributed by atoms with Crippen molar-refractivity contribution in [3.8, 4) is 0 Å². The van der Waals surface area contributed by atoms with Crippen LogP contribution in [-0.2, 0) is 10.2 Å². The number of β-amino-alcohol motifs (C(OH)–C–C–N with tert-alkyl or cyclic N) is 1. The Morgan fingerprint density at radius 1 is 1.38 bits per heavy atom. The quantitative estimate of drug-likeness (QED) is 0.596. The van der Waals surface area contributed by atoms with Gasteiger partial charge in [-0.05, 0) is 44.0 Å². The van der Waals surface area contributed by atoms with Crippen LogP contribution in [0.5, 0.6) is 0 Å². The molecule has 1 fully saturated rings. The molecule has 2 aliphatic rings. The summed E-state index contributed by atoms with van der Waals surface area (Å²) in [5.74, 6) is 0.663. The Labute approximate surface area is 168 Å². The number of rotatable bonds is 4. The molecule has 1 aromatic heterocycles. The van der Waals surface area contributed by atoms with Crippen molar-refractivity contribution in [2.24, 2.45) is 0 Å². The van der Waals surface area contributed by atoms with Crippen LogP contribution in [0.15, 0.2) is 30.6 Å². The van der Waals surface area contributed by atoms with E-state index in [0.29, 0.717) is 36.7 Å². The minimum atomic E-state index is -0.676. The van der Waals surface area contributed by atoms with E-state index < -0.39 is 11.5 Å². The minimum absolute atomic E-state index is 0.0789. The van der Waals surface area contributed by atoms with Crippen LogP contribution in [-0.4, -0.2) is 52.1 Å². The van der Waals surface area contributed by atoms with Gasteiger partial charge in [0.25, 0.3) is 5.91 Å². The van der Waals surface area contributed by atoms with Gasteiger partial charge in [0.2, 0.25) is 5.91 Å². The van der Waals surface area contributed by atoms with E-state index in [-0.39, 0.29) is 17.9 Å². The van der Waals surface area contributed by atoms with Crippen molar-refractivity contribution in [2.45, 2.75) is 37.8 Å². The SMILES string of the molecule is CC1(C)C(=O)Nc2ccc(C(=O)NC[C@H]3C[C@@H](O)CN3c3cc(N)ncn3)cc21. The van der Waals surface area contributed by atoms with Gasteiger partial charge in [-0.25, -0.2) is 9.97 Å². The van der Waals surface area contributed by atoms with Gasteiger partial charge >= 0.3 is 0 Å². The monoisotopic (exact) mass is 396 g/mol. The number of aliphatic hydroxyl groups is 1. The Morgan fingerprint density at radius 3 is 2.93 bits per heavy atom. The molecule has 0 bridgehead atoms. The lowest BCUT2D eigenvalue weighted by atomic mass is 9.85. The third-order valence-corrected chi connectivity index (χ3v) is 5.63. The Morgan fingerprint density at radius 2 is 2.17 bits per heavy atom. The molecule has 1 saturated heterocycles. The lowest BCUT2D eigenvalue weighted by molar-refractivity contribution is -0.119. The molecule has 0 radical (unpaired) electrons. The maximum atomic E-state index is 12.7. The van der Waals surface area contributed by atoms with E-state index in [4.69, 9.17) is 5.73 Å². The van der Waals surface area contributed by atoms with Gasteiger partial charge in [0.15, 0.2) is 0 Å². The Kier molecular flexibility index (Phi) is 4.62. The van der Waals surface area contributed by atoms with Crippen LogP contribution in [0.1, 0.15) is 36.2 Å². The van der Waals surface area contributed by atoms with E-state index >= 15 is 0 Å². The van der Waals surface area contributed by atoms with Gasteiger partial charge in [0.1, 0.15) is 18.0 Å². The average Bonchev–Trinajstić information content (AvgIpc) is 3.16. The van der Waals surface area contributed by atoms with Gasteiger partial charge in [-0.3, -0.25) is 9.59 Å². The molecule has 2 atom stereocenters. The number of aromatic nitrogens is 2. The molecule has 5 N–H and O–H groups in total. The summed E-state index contributed by atoms with van der Waals surface area (Å²) in [7, 11) is 0. The molecular formula is C20H24N6O3. The summed E-state index contributed by atoms with van der Waals surface area (Å²) < 4.78 is 0. The van der Waals surface area contributed by atoms with E-state index in [2.05, 4.69) is 20.6 Å². The summed E-state index contributed by atoms with van der Waals surface area (Å²) in [6.07, 6.45) is 1.39. The summed E-state index contributed by atoms with van der Waals surface area (Å²) in [6.45, 7) is 4.43. The molecule has 0 spiro atoms. The number of aliphatic hydroxyl groups excluding tert-OH is 1. The van der Waals surface area contributed by atoms with Crippen molar-refractivity contribution in [2.75, 3.05) is 29.0 Å². The van der Waals surface area contributed by atoms with Gasteiger partial charge in [-0.1, -0.05) is 0 Å². The normalized spacial score (nSPS) is 22.3. The number of amides is 2. The van der Waals surface area contributed by atoms with Crippen molar-refractivity contribution >= 4 is 29.1 Å². The molecule has 2 aliphatic heterocycles. The number of fused-ring (bicyclic) bond motifs is 1. The van der Waals surface area contributed by atoms with Gasteiger partial charge in [-0.15, -0.1) is 0 Å². The fraction of sp³-hybridized carbons (Fsp3) is 0.400. The first-order valence-electron chi connectivity index (χ1n) is 9.52. The zero-order valence-electron chi connectivity index (χ0n) is 16.3. The second-order valence-corrected chi connectivity index (χ2v) is 8.05. The maximum Gasteiger partial charge on any atom is 0.251 e. The number of carbonyl (C=O) groups excluding carboxylic acids is 2. The molecule has 0 aliphatic carbocycles. The summed E-state index contributed by atoms with van der Waals surface area (Å²) in [5, 5.41) is 15.9. The topological polar surface area (TPSA) is 133 Å². The van der Waals surface area contributed by atoms with Crippen LogP contribution < -0.4 is 21.3 Å². The number of benzene rings is 1. The zero-order chi connectivity index (χ0) is 20.8. The standard InChI is InChI=1S/C20H24N6O3/c1-20(2)14-5-11(3-4-15(14)25-19(20)29)18(28)22-8-12-6-13(27)9-26(12)17-7-16(21)23-10-24-17/h3-5,7,10,12-13,27H,6,8-9H2,1-2H3,(H,22,28)(H,25,29)(H2,21,23,24)/t12-,13-/m1/s1. The Hall–Kier alpha value is -3.20. The molecule has 0 saturated carbocycles. The van der Waals surface area contributed by atoms with Crippen LogP contribution in [0.3, 0.4) is 0 Å². The molecule has 3 heterocycles. The second kappa shape index (κ2) is 7.00. The number of hydrogen-bond donors (Lipinski definition) is 4. The Balaban J connectivity index is 1.47.